The van der Waals surface area contributed by atoms with E-state index in [0.717, 1.165) is 32.7 Å². The monoisotopic (exact) mass is 482 g/mol. The minimum Gasteiger partial charge on any atom is -0.496 e. The molecule has 0 aromatic heterocycles. The first-order valence-electron chi connectivity index (χ1n) is 11.4. The van der Waals surface area contributed by atoms with E-state index in [1.165, 1.54) is 0 Å². The van der Waals surface area contributed by atoms with Crippen LogP contribution in [0, 0.1) is 0 Å². The summed E-state index contributed by atoms with van der Waals surface area (Å²) in [6, 6.07) is 23.3. The van der Waals surface area contributed by atoms with Gasteiger partial charge in [0.05, 0.1) is 26.6 Å². The van der Waals surface area contributed by atoms with Gasteiger partial charge in [-0.1, -0.05) is 60.7 Å². The molecule has 0 aliphatic heterocycles. The second-order valence-corrected chi connectivity index (χ2v) is 7.89. The van der Waals surface area contributed by atoms with E-state index >= 15 is 0 Å². The van der Waals surface area contributed by atoms with Crippen LogP contribution in [-0.2, 0) is 9.59 Å². The minimum atomic E-state index is -0.389. The highest BCUT2D eigenvalue weighted by molar-refractivity contribution is 6.03. The third kappa shape index (κ3) is 5.67. The number of hydrogen-bond donors (Lipinski definition) is 2. The van der Waals surface area contributed by atoms with Crippen LogP contribution in [-0.4, -0.2) is 38.5 Å². The van der Waals surface area contributed by atoms with Crippen LogP contribution >= 0.6 is 0 Å². The molecule has 8 heteroatoms. The lowest BCUT2D eigenvalue weighted by Gasteiger charge is -2.08. The van der Waals surface area contributed by atoms with Crippen molar-refractivity contribution in [3.8, 4) is 11.5 Å². The number of carbonyl (C=O) groups excluding carboxylic acids is 2. The van der Waals surface area contributed by atoms with Gasteiger partial charge in [0.25, 0.3) is 0 Å². The molecule has 4 rings (SSSR count). The van der Waals surface area contributed by atoms with E-state index in [2.05, 4.69) is 21.1 Å². The first-order valence-corrected chi connectivity index (χ1v) is 11.4. The largest absolute Gasteiger partial charge is 0.496 e. The molecule has 0 heterocycles. The molecule has 2 amide bonds. The van der Waals surface area contributed by atoms with E-state index in [0.29, 0.717) is 11.5 Å². The maximum absolute atomic E-state index is 12.2. The summed E-state index contributed by atoms with van der Waals surface area (Å²) in [6.45, 7) is 0. The quantitative estimate of drug-likeness (QED) is 0.273. The highest BCUT2D eigenvalue weighted by atomic mass is 16.5. The fourth-order valence-corrected chi connectivity index (χ4v) is 3.85. The zero-order valence-electron chi connectivity index (χ0n) is 20.0. The topological polar surface area (TPSA) is 101 Å². The Balaban J connectivity index is 1.32. The van der Waals surface area contributed by atoms with Gasteiger partial charge in [0, 0.05) is 24.0 Å². The SMILES string of the molecule is COc1ccc2ccccc2c1/C=N\NC(=O)CCC(=O)N/N=C/c1c(OC)ccc2ccccc12. The highest BCUT2D eigenvalue weighted by Gasteiger charge is 2.09. The van der Waals surface area contributed by atoms with Gasteiger partial charge in [-0.05, 0) is 33.7 Å². The number of ether oxygens (including phenoxy) is 2. The third-order valence-electron chi connectivity index (χ3n) is 5.65. The molecule has 0 aliphatic carbocycles. The summed E-state index contributed by atoms with van der Waals surface area (Å²) in [5.74, 6) is 0.513. The maximum atomic E-state index is 12.2. The number of amides is 2. The lowest BCUT2D eigenvalue weighted by atomic mass is 10.0. The van der Waals surface area contributed by atoms with Gasteiger partial charge in [-0.2, -0.15) is 10.2 Å². The molecular formula is C28H26N4O4. The summed E-state index contributed by atoms with van der Waals surface area (Å²) < 4.78 is 10.8. The molecule has 4 aromatic rings. The Morgan fingerprint density at radius 2 is 1.08 bits per heavy atom. The van der Waals surface area contributed by atoms with Crippen LogP contribution in [0.2, 0.25) is 0 Å². The number of fused-ring (bicyclic) bond motifs is 2. The second kappa shape index (κ2) is 11.6. The number of carbonyl (C=O) groups is 2. The van der Waals surface area contributed by atoms with Gasteiger partial charge in [0.1, 0.15) is 11.5 Å². The number of benzene rings is 4. The van der Waals surface area contributed by atoms with Crippen molar-refractivity contribution in [3.05, 3.63) is 83.9 Å². The Hall–Kier alpha value is -4.72. The van der Waals surface area contributed by atoms with Gasteiger partial charge in [-0.3, -0.25) is 9.59 Å². The van der Waals surface area contributed by atoms with E-state index in [9.17, 15) is 9.59 Å². The van der Waals surface area contributed by atoms with E-state index in [-0.39, 0.29) is 24.7 Å². The summed E-state index contributed by atoms with van der Waals surface area (Å²) in [4.78, 5) is 24.4. The number of hydrazone groups is 2. The van der Waals surface area contributed by atoms with E-state index < -0.39 is 0 Å². The molecule has 0 fully saturated rings. The zero-order valence-corrected chi connectivity index (χ0v) is 20.0. The van der Waals surface area contributed by atoms with Gasteiger partial charge in [-0.15, -0.1) is 0 Å². The van der Waals surface area contributed by atoms with Crippen molar-refractivity contribution >= 4 is 45.8 Å². The Bertz CT molecular complexity index is 1350. The number of hydrogen-bond acceptors (Lipinski definition) is 6. The van der Waals surface area contributed by atoms with E-state index in [1.54, 1.807) is 26.6 Å². The maximum Gasteiger partial charge on any atom is 0.240 e. The van der Waals surface area contributed by atoms with Crippen molar-refractivity contribution in [1.82, 2.24) is 10.9 Å². The van der Waals surface area contributed by atoms with Gasteiger partial charge in [0.2, 0.25) is 11.8 Å². The molecule has 0 aliphatic rings. The molecule has 0 atom stereocenters. The number of methoxy groups -OCH3 is 2. The Labute approximate surface area is 208 Å². The normalized spacial score (nSPS) is 11.3. The lowest BCUT2D eigenvalue weighted by Crippen LogP contribution is -2.23. The number of rotatable bonds is 9. The van der Waals surface area contributed by atoms with Gasteiger partial charge in [0.15, 0.2) is 0 Å². The van der Waals surface area contributed by atoms with Gasteiger partial charge in [-0.25, -0.2) is 10.9 Å². The van der Waals surface area contributed by atoms with Gasteiger partial charge >= 0.3 is 0 Å². The van der Waals surface area contributed by atoms with Crippen LogP contribution in [0.15, 0.2) is 83.0 Å². The molecule has 0 saturated heterocycles. The Kier molecular flexibility index (Phi) is 7.87. The summed E-state index contributed by atoms with van der Waals surface area (Å²) in [6.07, 6.45) is 3.01. The molecule has 4 aromatic carbocycles. The third-order valence-corrected chi connectivity index (χ3v) is 5.65. The molecule has 0 spiro atoms. The Morgan fingerprint density at radius 1 is 0.667 bits per heavy atom. The molecule has 0 bridgehead atoms. The van der Waals surface area contributed by atoms with Crippen LogP contribution < -0.4 is 20.3 Å². The highest BCUT2D eigenvalue weighted by Crippen LogP contribution is 2.27. The number of nitrogens with zero attached hydrogens (tertiary/aromatic N) is 2. The fraction of sp³-hybridized carbons (Fsp3) is 0.143. The van der Waals surface area contributed by atoms with Crippen molar-refractivity contribution in [2.45, 2.75) is 12.8 Å². The van der Waals surface area contributed by atoms with Crippen molar-refractivity contribution in [2.75, 3.05) is 14.2 Å². The standard InChI is InChI=1S/C28H26N4O4/c1-35-25-13-11-19-7-3-5-9-21(19)23(25)17-29-31-27(33)15-16-28(34)32-30-18-24-22-10-6-4-8-20(22)12-14-26(24)36-2/h3-14,17-18H,15-16H2,1-2H3,(H,31,33)(H,32,34)/b29-17-,30-18+. The molecule has 0 radical (unpaired) electrons. The average Bonchev–Trinajstić information content (AvgIpc) is 2.92. The molecule has 8 nitrogen and oxygen atoms in total. The molecule has 0 unspecified atom stereocenters. The van der Waals surface area contributed by atoms with E-state index in [4.69, 9.17) is 9.47 Å². The summed E-state index contributed by atoms with van der Waals surface area (Å²) in [5, 5.41) is 12.1. The Morgan fingerprint density at radius 3 is 1.50 bits per heavy atom. The molecular weight excluding hydrogens is 456 g/mol. The molecule has 2 N–H and O–H groups in total. The first-order chi connectivity index (χ1) is 17.6. The van der Waals surface area contributed by atoms with Crippen LogP contribution in [0.4, 0.5) is 0 Å². The summed E-state index contributed by atoms with van der Waals surface area (Å²) >= 11 is 0. The second-order valence-electron chi connectivity index (χ2n) is 7.89. The lowest BCUT2D eigenvalue weighted by molar-refractivity contribution is -0.126. The van der Waals surface area contributed by atoms with Gasteiger partial charge < -0.3 is 9.47 Å². The predicted octanol–water partition coefficient (Wildman–Crippen LogP) is 4.39. The molecule has 182 valence electrons. The first kappa shape index (κ1) is 24.4. The van der Waals surface area contributed by atoms with Crippen LogP contribution in [0.3, 0.4) is 0 Å². The predicted molar refractivity (Wildman–Crippen MR) is 142 cm³/mol. The summed E-state index contributed by atoms with van der Waals surface area (Å²) in [7, 11) is 3.16. The van der Waals surface area contributed by atoms with Crippen molar-refractivity contribution in [2.24, 2.45) is 10.2 Å². The summed E-state index contributed by atoms with van der Waals surface area (Å²) in [5.41, 5.74) is 6.43. The van der Waals surface area contributed by atoms with Crippen LogP contribution in [0.5, 0.6) is 11.5 Å². The molecule has 36 heavy (non-hydrogen) atoms. The smallest absolute Gasteiger partial charge is 0.240 e. The van der Waals surface area contributed by atoms with Crippen LogP contribution in [0.25, 0.3) is 21.5 Å². The average molecular weight is 483 g/mol. The van der Waals surface area contributed by atoms with Crippen molar-refractivity contribution in [3.63, 3.8) is 0 Å². The fourth-order valence-electron chi connectivity index (χ4n) is 3.85. The van der Waals surface area contributed by atoms with Crippen molar-refractivity contribution in [1.29, 1.82) is 0 Å². The van der Waals surface area contributed by atoms with Crippen molar-refractivity contribution < 1.29 is 19.1 Å². The number of nitrogens with one attached hydrogen (secondary N) is 2. The van der Waals surface area contributed by atoms with E-state index in [1.807, 2.05) is 72.8 Å². The molecule has 0 saturated carbocycles. The zero-order chi connectivity index (χ0) is 25.3. The minimum absolute atomic E-state index is 0.0387. The van der Waals surface area contributed by atoms with Crippen LogP contribution in [0.1, 0.15) is 24.0 Å².